The van der Waals surface area contributed by atoms with Crippen molar-refractivity contribution in [2.24, 2.45) is 0 Å². The van der Waals surface area contributed by atoms with Crippen LogP contribution in [0.15, 0.2) is 53.7 Å². The highest BCUT2D eigenvalue weighted by Crippen LogP contribution is 2.40. The molecule has 0 aromatic heterocycles. The molecule has 0 radical (unpaired) electrons. The van der Waals surface area contributed by atoms with Crippen molar-refractivity contribution in [2.45, 2.75) is 157 Å². The van der Waals surface area contributed by atoms with E-state index in [9.17, 15) is 14.4 Å². The van der Waals surface area contributed by atoms with Gasteiger partial charge in [0, 0.05) is 18.2 Å². The molecule has 0 aliphatic heterocycles. The maximum Gasteiger partial charge on any atom is 0.698 e. The summed E-state index contributed by atoms with van der Waals surface area (Å²) in [6.45, 7) is 14.3. The largest absolute Gasteiger partial charge is 0.698 e. The van der Waals surface area contributed by atoms with E-state index in [4.69, 9.17) is 18.0 Å². The van der Waals surface area contributed by atoms with Gasteiger partial charge < -0.3 is 18.0 Å². The first-order valence-electron chi connectivity index (χ1n) is 18.3. The molecule has 7 nitrogen and oxygen atoms in total. The fourth-order valence-corrected chi connectivity index (χ4v) is 9.35. The minimum absolute atomic E-state index is 0.174. The van der Waals surface area contributed by atoms with Crippen molar-refractivity contribution in [3.63, 3.8) is 0 Å². The predicted octanol–water partition coefficient (Wildman–Crippen LogP) is 10.8. The Labute approximate surface area is 291 Å². The summed E-state index contributed by atoms with van der Waals surface area (Å²) in [7, 11) is -3.66. The van der Waals surface area contributed by atoms with Crippen LogP contribution in [0.1, 0.15) is 162 Å². The van der Waals surface area contributed by atoms with Gasteiger partial charge >= 0.3 is 8.80 Å². The summed E-state index contributed by atoms with van der Waals surface area (Å²) >= 11 is 0. The van der Waals surface area contributed by atoms with Crippen LogP contribution in [0.5, 0.6) is 5.75 Å². The number of carbonyl (C=O) groups excluding carboxylic acids is 3. The highest BCUT2D eigenvalue weighted by molar-refractivity contribution is 6.61. The van der Waals surface area contributed by atoms with Crippen molar-refractivity contribution < 1.29 is 32.4 Å². The van der Waals surface area contributed by atoms with Crippen LogP contribution >= 0.6 is 0 Å². The average molecular weight is 683 g/mol. The quantitative estimate of drug-likeness (QED) is 0.0491. The van der Waals surface area contributed by atoms with E-state index in [-0.39, 0.29) is 17.3 Å². The van der Waals surface area contributed by atoms with Crippen LogP contribution in [-0.2, 0) is 27.7 Å². The number of unbranched alkanes of at least 4 members (excludes halogenated alkanes) is 3. The monoisotopic (exact) mass is 682 g/mol. The van der Waals surface area contributed by atoms with E-state index >= 15 is 0 Å². The fraction of sp³-hybridized carbons (Fsp3) is 0.625. The maximum atomic E-state index is 11.9. The van der Waals surface area contributed by atoms with Gasteiger partial charge in [-0.25, -0.2) is 0 Å². The van der Waals surface area contributed by atoms with Gasteiger partial charge in [-0.05, 0) is 103 Å². The lowest BCUT2D eigenvalue weighted by molar-refractivity contribution is -0.113. The molecule has 1 unspecified atom stereocenters. The van der Waals surface area contributed by atoms with Crippen molar-refractivity contribution in [3.8, 4) is 5.75 Å². The second kappa shape index (κ2) is 21.8. The Hall–Kier alpha value is -3.13. The minimum Gasteiger partial charge on any atom is -0.493 e. The zero-order valence-electron chi connectivity index (χ0n) is 31.1. The smallest absolute Gasteiger partial charge is 0.493 e. The van der Waals surface area contributed by atoms with E-state index in [1.165, 1.54) is 127 Å². The first kappa shape index (κ1) is 41.0. The number of allylic oxidation sites excluding steroid dienone is 6. The van der Waals surface area contributed by atoms with Gasteiger partial charge in [0.25, 0.3) is 0 Å². The molecule has 0 heterocycles. The number of hydrogen-bond acceptors (Lipinski definition) is 7. The van der Waals surface area contributed by atoms with Crippen LogP contribution in [0.25, 0.3) is 0 Å². The molecule has 0 amide bonds. The summed E-state index contributed by atoms with van der Waals surface area (Å²) in [5.41, 5.74) is 2.77. The number of rotatable bonds is 23. The van der Waals surface area contributed by atoms with Gasteiger partial charge in [0.2, 0.25) is 0 Å². The number of ketones is 3. The van der Waals surface area contributed by atoms with Crippen LogP contribution in [0, 0.1) is 0 Å². The summed E-state index contributed by atoms with van der Waals surface area (Å²) in [5.74, 6) is 2.51. The molecule has 2 rings (SSSR count). The van der Waals surface area contributed by atoms with E-state index in [0.717, 1.165) is 5.75 Å². The van der Waals surface area contributed by atoms with E-state index in [1.807, 2.05) is 0 Å². The van der Waals surface area contributed by atoms with Crippen molar-refractivity contribution in [1.29, 1.82) is 0 Å². The molecule has 0 saturated heterocycles. The Bertz CT molecular complexity index is 1190. The molecule has 1 aromatic rings. The van der Waals surface area contributed by atoms with Gasteiger partial charge in [-0.15, -0.1) is 0 Å². The Morgan fingerprint density at radius 3 is 1.79 bits per heavy atom. The Kier molecular flexibility index (Phi) is 18.6. The van der Waals surface area contributed by atoms with Gasteiger partial charge in [0.1, 0.15) is 5.75 Å². The zero-order valence-corrected chi connectivity index (χ0v) is 32.1. The third kappa shape index (κ3) is 15.4. The van der Waals surface area contributed by atoms with E-state index in [1.54, 1.807) is 20.8 Å². The molecule has 268 valence electrons. The average Bonchev–Trinajstić information content (AvgIpc) is 3.00. The Morgan fingerprint density at radius 1 is 0.729 bits per heavy atom. The second-order valence-corrected chi connectivity index (χ2v) is 16.0. The number of hydrogen-bond donors (Lipinski definition) is 0. The van der Waals surface area contributed by atoms with Gasteiger partial charge in [-0.2, -0.15) is 0 Å². The molecular formula is C40H62O7Si. The molecule has 1 aliphatic carbocycles. The van der Waals surface area contributed by atoms with Crippen LogP contribution in [-0.4, -0.2) is 32.8 Å². The molecule has 0 spiro atoms. The van der Waals surface area contributed by atoms with Crippen LogP contribution in [0.3, 0.4) is 0 Å². The minimum atomic E-state index is -3.66. The van der Waals surface area contributed by atoms with Crippen molar-refractivity contribution in [1.82, 2.24) is 0 Å². The maximum absolute atomic E-state index is 11.9. The molecule has 1 atom stereocenters. The molecule has 0 bridgehead atoms. The van der Waals surface area contributed by atoms with Crippen LogP contribution in [0.2, 0.25) is 6.04 Å². The lowest BCUT2D eigenvalue weighted by atomic mass is 9.81. The predicted molar refractivity (Wildman–Crippen MR) is 196 cm³/mol. The van der Waals surface area contributed by atoms with Crippen molar-refractivity contribution in [2.75, 3.05) is 6.61 Å². The highest BCUT2D eigenvalue weighted by Gasteiger charge is 2.49. The topological polar surface area (TPSA) is 88.1 Å². The number of carbonyl (C=O) groups is 3. The molecule has 8 heteroatoms. The van der Waals surface area contributed by atoms with Crippen molar-refractivity contribution >= 4 is 26.2 Å². The Balaban J connectivity index is 2.37. The van der Waals surface area contributed by atoms with Gasteiger partial charge in [-0.1, -0.05) is 77.3 Å². The molecule has 48 heavy (non-hydrogen) atoms. The molecule has 1 fully saturated rings. The summed E-state index contributed by atoms with van der Waals surface area (Å²) < 4.78 is 25.5. The van der Waals surface area contributed by atoms with Crippen LogP contribution < -0.4 is 4.74 Å². The van der Waals surface area contributed by atoms with Crippen LogP contribution in [0.4, 0.5) is 0 Å². The normalized spacial score (nSPS) is 16.5. The Morgan fingerprint density at radius 2 is 1.29 bits per heavy atom. The zero-order chi connectivity index (χ0) is 35.5. The number of ether oxygens (including phenoxy) is 1. The molecule has 1 saturated carbocycles. The highest BCUT2D eigenvalue weighted by atomic mass is 28.4. The molecule has 0 N–H and O–H groups in total. The third-order valence-electron chi connectivity index (χ3n) is 8.65. The summed E-state index contributed by atoms with van der Waals surface area (Å²) in [6, 6.07) is 7.23. The van der Waals surface area contributed by atoms with Gasteiger partial charge in [0.15, 0.2) is 17.3 Å². The summed E-state index contributed by atoms with van der Waals surface area (Å²) in [4.78, 5) is 35.6. The van der Waals surface area contributed by atoms with Gasteiger partial charge in [0.05, 0.1) is 29.9 Å². The second-order valence-electron chi connectivity index (χ2n) is 13.5. The third-order valence-corrected chi connectivity index (χ3v) is 11.5. The fourth-order valence-electron chi connectivity index (χ4n) is 6.70. The lowest BCUT2D eigenvalue weighted by Crippen LogP contribution is -2.45. The molecular weight excluding hydrogens is 621 g/mol. The first-order chi connectivity index (χ1) is 22.9. The molecule has 1 aromatic carbocycles. The van der Waals surface area contributed by atoms with E-state index in [2.05, 4.69) is 32.0 Å². The summed E-state index contributed by atoms with van der Waals surface area (Å²) in [5, 5.41) is 0. The molecule has 1 aliphatic rings. The number of benzene rings is 1. The SMILES string of the molecule is CCCCCCC(CCC)c1ccc(OCCC[Si](OC(C)=CC(C)=O)(OC(C)=CC(C)=O)OC(C)=CC(C)=O)c(C2CCCCC2)c1. The van der Waals surface area contributed by atoms with E-state index in [0.29, 0.717) is 48.2 Å². The van der Waals surface area contributed by atoms with Gasteiger partial charge in [-0.3, -0.25) is 14.4 Å². The lowest BCUT2D eigenvalue weighted by Gasteiger charge is -2.31. The van der Waals surface area contributed by atoms with E-state index < -0.39 is 8.80 Å². The van der Waals surface area contributed by atoms with Crippen molar-refractivity contribution in [3.05, 3.63) is 64.8 Å². The first-order valence-corrected chi connectivity index (χ1v) is 20.2. The summed E-state index contributed by atoms with van der Waals surface area (Å²) in [6.07, 6.45) is 19.6. The standard InChI is InChI=1S/C40H62O7Si/c1-9-11-12-14-19-36(18-10-2)38-22-23-40(39(29-38)37-20-15-13-16-21-37)44-24-17-25-48(45-33(6)26-30(3)41,46-34(7)27-31(4)42)47-35(8)28-32(5)43/h22-23,26-29,36-37H,9-21,24-25H2,1-8H3.